The second kappa shape index (κ2) is 8.32. The van der Waals surface area contributed by atoms with Crippen LogP contribution in [0.15, 0.2) is 18.2 Å². The number of nitrogens with one attached hydrogen (secondary N) is 2. The molecule has 3 fully saturated rings. The number of likely N-dealkylation sites (tertiary alicyclic amines) is 1. The summed E-state index contributed by atoms with van der Waals surface area (Å²) in [4.78, 5) is 41.7. The topological polar surface area (TPSA) is 108 Å². The number of benzene rings is 1. The average Bonchev–Trinajstić information content (AvgIpc) is 3.38. The molecule has 2 bridgehead atoms. The summed E-state index contributed by atoms with van der Waals surface area (Å²) < 4.78 is 6.59. The molecule has 1 aromatic rings. The maximum absolute atomic E-state index is 13.7. The predicted octanol–water partition coefficient (Wildman–Crippen LogP) is 1.87. The second-order valence-electron chi connectivity index (χ2n) is 8.98. The van der Waals surface area contributed by atoms with Gasteiger partial charge in [0.05, 0.1) is 28.1 Å². The van der Waals surface area contributed by atoms with Crippen LogP contribution >= 0.6 is 11.6 Å². The summed E-state index contributed by atoms with van der Waals surface area (Å²) in [7, 11) is 1.55. The summed E-state index contributed by atoms with van der Waals surface area (Å²) in [5.41, 5.74) is -0.549. The number of nitrogens with zero attached hydrogens (tertiary/aromatic N) is 1. The highest BCUT2D eigenvalue weighted by atomic mass is 35.5. The molecule has 3 heterocycles. The number of aryl methyl sites for hydroxylation is 1. The number of hydrogen-bond acceptors (Lipinski definition) is 5. The zero-order valence-electron chi connectivity index (χ0n) is 18.6. The minimum Gasteiger partial charge on any atom is -0.396 e. The Kier molecular flexibility index (Phi) is 5.98. The molecule has 2 unspecified atom stereocenters. The number of rotatable bonds is 7. The lowest BCUT2D eigenvalue weighted by Gasteiger charge is -2.33. The number of carbonyl (C=O) groups excluding carboxylic acids is 3. The smallest absolute Gasteiger partial charge is 0.250 e. The van der Waals surface area contributed by atoms with Crippen molar-refractivity contribution in [3.8, 4) is 0 Å². The number of aliphatic hydroxyl groups is 1. The van der Waals surface area contributed by atoms with Crippen LogP contribution in [-0.2, 0) is 19.1 Å². The molecule has 8 nitrogen and oxygen atoms in total. The molecule has 4 rings (SSSR count). The molecule has 1 spiro atoms. The first-order valence-electron chi connectivity index (χ1n) is 11.2. The van der Waals surface area contributed by atoms with E-state index >= 15 is 0 Å². The van der Waals surface area contributed by atoms with Crippen molar-refractivity contribution in [2.45, 2.75) is 56.8 Å². The Labute approximate surface area is 192 Å². The van der Waals surface area contributed by atoms with Gasteiger partial charge in [-0.3, -0.25) is 14.4 Å². The molecule has 9 heteroatoms. The first kappa shape index (κ1) is 23.0. The van der Waals surface area contributed by atoms with Crippen LogP contribution in [0.2, 0.25) is 5.02 Å². The Bertz CT molecular complexity index is 935. The van der Waals surface area contributed by atoms with Gasteiger partial charge in [-0.1, -0.05) is 30.7 Å². The molecule has 3 N–H and O–H groups in total. The number of fused-ring (bicyclic) bond motifs is 1. The van der Waals surface area contributed by atoms with E-state index < -0.39 is 29.1 Å². The fourth-order valence-corrected chi connectivity index (χ4v) is 6.30. The largest absolute Gasteiger partial charge is 0.396 e. The third-order valence-electron chi connectivity index (χ3n) is 7.49. The van der Waals surface area contributed by atoms with Gasteiger partial charge in [0, 0.05) is 20.2 Å². The van der Waals surface area contributed by atoms with E-state index in [2.05, 4.69) is 10.6 Å². The molecule has 3 aliphatic heterocycles. The summed E-state index contributed by atoms with van der Waals surface area (Å²) >= 11 is 6.33. The minimum atomic E-state index is -1.08. The second-order valence-corrected chi connectivity index (χ2v) is 9.38. The van der Waals surface area contributed by atoms with Gasteiger partial charge in [-0.05, 0) is 44.2 Å². The van der Waals surface area contributed by atoms with Crippen LogP contribution in [0.1, 0.15) is 38.2 Å². The Hall–Kier alpha value is -2.16. The quantitative estimate of drug-likeness (QED) is 0.572. The lowest BCUT2D eigenvalue weighted by Crippen LogP contribution is -2.53. The summed E-state index contributed by atoms with van der Waals surface area (Å²) in [5, 5.41) is 15.4. The molecular weight excluding hydrogens is 434 g/mol. The van der Waals surface area contributed by atoms with Crippen LogP contribution < -0.4 is 10.6 Å². The van der Waals surface area contributed by atoms with E-state index in [9.17, 15) is 19.5 Å². The van der Waals surface area contributed by atoms with Gasteiger partial charge in [-0.15, -0.1) is 0 Å². The van der Waals surface area contributed by atoms with Crippen LogP contribution in [0.4, 0.5) is 5.69 Å². The third kappa shape index (κ3) is 3.15. The summed E-state index contributed by atoms with van der Waals surface area (Å²) in [6.07, 6.45) is 2.02. The maximum atomic E-state index is 13.7. The molecule has 174 valence electrons. The van der Waals surface area contributed by atoms with E-state index in [0.717, 1.165) is 5.56 Å². The summed E-state index contributed by atoms with van der Waals surface area (Å²) in [5.74, 6) is -2.29. The van der Waals surface area contributed by atoms with E-state index in [1.54, 1.807) is 19.2 Å². The number of para-hydroxylation sites is 1. The number of amides is 3. The van der Waals surface area contributed by atoms with Crippen LogP contribution in [0.25, 0.3) is 0 Å². The van der Waals surface area contributed by atoms with Crippen molar-refractivity contribution in [3.63, 3.8) is 0 Å². The summed E-state index contributed by atoms with van der Waals surface area (Å²) in [6.45, 7) is 3.89. The van der Waals surface area contributed by atoms with Gasteiger partial charge in [-0.25, -0.2) is 0 Å². The highest BCUT2D eigenvalue weighted by Crippen LogP contribution is 2.64. The Morgan fingerprint density at radius 1 is 1.31 bits per heavy atom. The number of hydrogen-bond donors (Lipinski definition) is 3. The van der Waals surface area contributed by atoms with Crippen molar-refractivity contribution in [3.05, 3.63) is 28.8 Å². The molecule has 0 radical (unpaired) electrons. The zero-order valence-corrected chi connectivity index (χ0v) is 19.4. The van der Waals surface area contributed by atoms with E-state index in [4.69, 9.17) is 16.3 Å². The number of aliphatic hydroxyl groups excluding tert-OH is 1. The first-order valence-corrected chi connectivity index (χ1v) is 11.5. The van der Waals surface area contributed by atoms with E-state index in [-0.39, 0.29) is 30.9 Å². The van der Waals surface area contributed by atoms with E-state index in [1.807, 2.05) is 19.9 Å². The van der Waals surface area contributed by atoms with Crippen molar-refractivity contribution < 1.29 is 24.2 Å². The van der Waals surface area contributed by atoms with E-state index in [0.29, 0.717) is 36.4 Å². The van der Waals surface area contributed by atoms with Crippen LogP contribution in [0.3, 0.4) is 0 Å². The van der Waals surface area contributed by atoms with Crippen molar-refractivity contribution in [2.75, 3.05) is 25.5 Å². The molecule has 3 aliphatic rings. The van der Waals surface area contributed by atoms with Crippen LogP contribution in [0, 0.1) is 18.8 Å². The monoisotopic (exact) mass is 463 g/mol. The van der Waals surface area contributed by atoms with Gasteiger partial charge < -0.3 is 25.4 Å². The molecule has 0 aliphatic carbocycles. The normalized spacial score (nSPS) is 32.8. The Balaban J connectivity index is 1.77. The SMILES string of the molecule is CC[C@@]12CCC3(O1)C(C(=O)Nc1c(C)cccc1Cl)N(CCCO)C(=O)[C@@H]3[C@@H]2C(=O)NC. The highest BCUT2D eigenvalue weighted by molar-refractivity contribution is 6.34. The molecule has 0 aromatic heterocycles. The fraction of sp³-hybridized carbons (Fsp3) is 0.609. The molecule has 5 atom stereocenters. The average molecular weight is 464 g/mol. The Morgan fingerprint density at radius 2 is 2.06 bits per heavy atom. The standard InChI is InChI=1S/C23H30ClN3O5/c1-4-22-9-10-23(32-22)16(15(22)19(29)25-3)21(31)27(11-6-12-28)18(23)20(30)26-17-13(2)7-5-8-14(17)24/h5,7-8,15-16,18,28H,4,6,9-12H2,1-3H3,(H,25,29)(H,26,30)/t15-,16+,18?,22+,23?/m1/s1. The highest BCUT2D eigenvalue weighted by Gasteiger charge is 2.78. The third-order valence-corrected chi connectivity index (χ3v) is 7.80. The summed E-state index contributed by atoms with van der Waals surface area (Å²) in [6, 6.07) is 4.43. The number of anilines is 1. The molecular formula is C23H30ClN3O5. The molecule has 3 amide bonds. The molecule has 1 aromatic carbocycles. The van der Waals surface area contributed by atoms with Crippen molar-refractivity contribution in [1.29, 1.82) is 0 Å². The van der Waals surface area contributed by atoms with E-state index in [1.165, 1.54) is 4.90 Å². The Morgan fingerprint density at radius 3 is 2.69 bits per heavy atom. The number of ether oxygens (including phenoxy) is 1. The number of carbonyl (C=O) groups is 3. The molecule has 32 heavy (non-hydrogen) atoms. The van der Waals surface area contributed by atoms with Crippen molar-refractivity contribution in [2.24, 2.45) is 11.8 Å². The van der Waals surface area contributed by atoms with Crippen LogP contribution in [-0.4, -0.2) is 65.2 Å². The maximum Gasteiger partial charge on any atom is 0.250 e. The van der Waals surface area contributed by atoms with Crippen LogP contribution in [0.5, 0.6) is 0 Å². The van der Waals surface area contributed by atoms with Gasteiger partial charge in [0.25, 0.3) is 0 Å². The molecule has 3 saturated heterocycles. The van der Waals surface area contributed by atoms with Crippen molar-refractivity contribution in [1.82, 2.24) is 10.2 Å². The van der Waals surface area contributed by atoms with Gasteiger partial charge in [0.15, 0.2) is 0 Å². The lowest BCUT2D eigenvalue weighted by molar-refractivity contribution is -0.146. The van der Waals surface area contributed by atoms with Gasteiger partial charge >= 0.3 is 0 Å². The van der Waals surface area contributed by atoms with Gasteiger partial charge in [-0.2, -0.15) is 0 Å². The fourth-order valence-electron chi connectivity index (χ4n) is 6.04. The molecule has 0 saturated carbocycles. The predicted molar refractivity (Wildman–Crippen MR) is 119 cm³/mol. The lowest BCUT2D eigenvalue weighted by atomic mass is 9.65. The van der Waals surface area contributed by atoms with Gasteiger partial charge in [0.2, 0.25) is 17.7 Å². The minimum absolute atomic E-state index is 0.113. The van der Waals surface area contributed by atoms with Gasteiger partial charge in [0.1, 0.15) is 11.6 Å². The zero-order chi connectivity index (χ0) is 23.3. The van der Waals surface area contributed by atoms with Crippen molar-refractivity contribution >= 4 is 35.0 Å². The first-order chi connectivity index (χ1) is 15.3. The number of halogens is 1.